The number of hydrogen-bond donors (Lipinski definition) is 0. The van der Waals surface area contributed by atoms with Crippen LogP contribution in [0.25, 0.3) is 0 Å². The Balaban J connectivity index is 2.44. The molecule has 0 radical (unpaired) electrons. The van der Waals surface area contributed by atoms with E-state index in [9.17, 15) is 0 Å². The molecule has 0 saturated heterocycles. The van der Waals surface area contributed by atoms with Gasteiger partial charge in [-0.15, -0.1) is 0 Å². The second-order valence-corrected chi connectivity index (χ2v) is 2.54. The molecule has 0 aliphatic rings. The summed E-state index contributed by atoms with van der Waals surface area (Å²) in [4.78, 5) is 0. The molecule has 1 aromatic carbocycles. The minimum Gasteiger partial charge on any atom is -0.498 e. The highest BCUT2D eigenvalue weighted by molar-refractivity contribution is 5.39. The summed E-state index contributed by atoms with van der Waals surface area (Å²) >= 11 is 0. The smallest absolute Gasteiger partial charge is 0.161 e. The summed E-state index contributed by atoms with van der Waals surface area (Å²) in [5.41, 5.74) is 0. The first-order valence-electron chi connectivity index (χ1n) is 4.37. The van der Waals surface area contributed by atoms with Crippen molar-refractivity contribution in [3.8, 4) is 11.5 Å². The van der Waals surface area contributed by atoms with Gasteiger partial charge in [0.2, 0.25) is 0 Å². The molecule has 0 heterocycles. The van der Waals surface area contributed by atoms with Crippen molar-refractivity contribution < 1.29 is 14.2 Å². The molecular formula is C11H14O3. The Labute approximate surface area is 83.9 Å². The van der Waals surface area contributed by atoms with Gasteiger partial charge in [0, 0.05) is 0 Å². The maximum atomic E-state index is 5.43. The van der Waals surface area contributed by atoms with Crippen LogP contribution in [0.3, 0.4) is 0 Å². The first-order chi connectivity index (χ1) is 6.88. The molecule has 0 aliphatic heterocycles. The highest BCUT2D eigenvalue weighted by Gasteiger charge is 2.00. The first kappa shape index (κ1) is 10.4. The highest BCUT2D eigenvalue weighted by Crippen LogP contribution is 2.25. The van der Waals surface area contributed by atoms with Gasteiger partial charge in [0.15, 0.2) is 11.5 Å². The maximum absolute atomic E-state index is 5.43. The van der Waals surface area contributed by atoms with Crippen molar-refractivity contribution >= 4 is 0 Å². The minimum atomic E-state index is 0.479. The van der Waals surface area contributed by atoms with Gasteiger partial charge in [0.05, 0.1) is 13.4 Å². The zero-order valence-corrected chi connectivity index (χ0v) is 8.23. The van der Waals surface area contributed by atoms with E-state index in [-0.39, 0.29) is 0 Å². The summed E-state index contributed by atoms with van der Waals surface area (Å²) in [6.07, 6.45) is 1.39. The van der Waals surface area contributed by atoms with Crippen molar-refractivity contribution in [3.05, 3.63) is 37.1 Å². The molecule has 3 nitrogen and oxygen atoms in total. The van der Waals surface area contributed by atoms with Crippen LogP contribution in [-0.2, 0) is 4.74 Å². The molecule has 0 bridgehead atoms. The molecule has 3 heteroatoms. The van der Waals surface area contributed by atoms with Crippen LogP contribution in [0.4, 0.5) is 0 Å². The van der Waals surface area contributed by atoms with Gasteiger partial charge in [-0.3, -0.25) is 0 Å². The van der Waals surface area contributed by atoms with E-state index in [4.69, 9.17) is 14.2 Å². The Hall–Kier alpha value is -1.64. The van der Waals surface area contributed by atoms with E-state index in [1.165, 1.54) is 6.26 Å². The summed E-state index contributed by atoms with van der Waals surface area (Å²) < 4.78 is 15.5. The largest absolute Gasteiger partial charge is 0.498 e. The first-order valence-corrected chi connectivity index (χ1v) is 4.37. The van der Waals surface area contributed by atoms with Crippen molar-refractivity contribution in [1.82, 2.24) is 0 Å². The Morgan fingerprint density at radius 3 is 2.57 bits per heavy atom. The monoisotopic (exact) mass is 194 g/mol. The molecule has 0 atom stereocenters. The number of para-hydroxylation sites is 2. The summed E-state index contributed by atoms with van der Waals surface area (Å²) in [7, 11) is 1.61. The van der Waals surface area contributed by atoms with Gasteiger partial charge in [-0.2, -0.15) is 0 Å². The SMILES string of the molecule is C=COCCOc1ccccc1OC. The third-order valence-corrected chi connectivity index (χ3v) is 1.65. The molecule has 0 N–H and O–H groups in total. The lowest BCUT2D eigenvalue weighted by atomic mass is 10.3. The Morgan fingerprint density at radius 1 is 1.21 bits per heavy atom. The minimum absolute atomic E-state index is 0.479. The van der Waals surface area contributed by atoms with Gasteiger partial charge in [-0.25, -0.2) is 0 Å². The Kier molecular flexibility index (Phi) is 4.41. The van der Waals surface area contributed by atoms with E-state index in [2.05, 4.69) is 6.58 Å². The number of benzene rings is 1. The average Bonchev–Trinajstić information content (AvgIpc) is 2.25. The van der Waals surface area contributed by atoms with E-state index >= 15 is 0 Å². The van der Waals surface area contributed by atoms with Gasteiger partial charge in [0.25, 0.3) is 0 Å². The number of methoxy groups -OCH3 is 1. The topological polar surface area (TPSA) is 27.7 Å². The second kappa shape index (κ2) is 5.91. The standard InChI is InChI=1S/C11H14O3/c1-3-13-8-9-14-11-7-5-4-6-10(11)12-2/h3-7H,1,8-9H2,2H3. The van der Waals surface area contributed by atoms with Crippen molar-refractivity contribution in [2.24, 2.45) is 0 Å². The predicted octanol–water partition coefficient (Wildman–Crippen LogP) is 2.23. The molecule has 0 spiro atoms. The normalized spacial score (nSPS) is 9.21. The van der Waals surface area contributed by atoms with Crippen LogP contribution in [-0.4, -0.2) is 20.3 Å². The van der Waals surface area contributed by atoms with Crippen molar-refractivity contribution in [1.29, 1.82) is 0 Å². The molecule has 1 rings (SSSR count). The van der Waals surface area contributed by atoms with Crippen LogP contribution >= 0.6 is 0 Å². The van der Waals surface area contributed by atoms with E-state index in [1.54, 1.807) is 7.11 Å². The molecular weight excluding hydrogens is 180 g/mol. The van der Waals surface area contributed by atoms with Crippen LogP contribution in [0.15, 0.2) is 37.1 Å². The van der Waals surface area contributed by atoms with E-state index in [1.807, 2.05) is 24.3 Å². The molecule has 1 aromatic rings. The Bertz CT molecular complexity index is 284. The van der Waals surface area contributed by atoms with E-state index < -0.39 is 0 Å². The van der Waals surface area contributed by atoms with Crippen molar-refractivity contribution in [2.75, 3.05) is 20.3 Å². The zero-order chi connectivity index (χ0) is 10.2. The molecule has 0 amide bonds. The van der Waals surface area contributed by atoms with Gasteiger partial charge < -0.3 is 14.2 Å². The van der Waals surface area contributed by atoms with Crippen LogP contribution in [0, 0.1) is 0 Å². The quantitative estimate of drug-likeness (QED) is 0.513. The van der Waals surface area contributed by atoms with Crippen LogP contribution < -0.4 is 9.47 Å². The Morgan fingerprint density at radius 2 is 1.93 bits per heavy atom. The zero-order valence-electron chi connectivity index (χ0n) is 8.23. The van der Waals surface area contributed by atoms with Crippen molar-refractivity contribution in [3.63, 3.8) is 0 Å². The van der Waals surface area contributed by atoms with Gasteiger partial charge in [-0.05, 0) is 12.1 Å². The third-order valence-electron chi connectivity index (χ3n) is 1.65. The molecule has 0 saturated carbocycles. The van der Waals surface area contributed by atoms with Crippen LogP contribution in [0.2, 0.25) is 0 Å². The summed E-state index contributed by atoms with van der Waals surface area (Å²) in [6.45, 7) is 4.40. The molecule has 0 unspecified atom stereocenters. The third kappa shape index (κ3) is 3.01. The predicted molar refractivity (Wildman–Crippen MR) is 54.6 cm³/mol. The van der Waals surface area contributed by atoms with Gasteiger partial charge in [-0.1, -0.05) is 18.7 Å². The maximum Gasteiger partial charge on any atom is 0.161 e. The summed E-state index contributed by atoms with van der Waals surface area (Å²) in [5.74, 6) is 1.45. The molecule has 76 valence electrons. The van der Waals surface area contributed by atoms with Crippen molar-refractivity contribution in [2.45, 2.75) is 0 Å². The van der Waals surface area contributed by atoms with Gasteiger partial charge in [0.1, 0.15) is 13.2 Å². The fraction of sp³-hybridized carbons (Fsp3) is 0.273. The number of hydrogen-bond acceptors (Lipinski definition) is 3. The molecule has 0 aliphatic carbocycles. The number of ether oxygens (including phenoxy) is 3. The fourth-order valence-electron chi connectivity index (χ4n) is 1.02. The average molecular weight is 194 g/mol. The van der Waals surface area contributed by atoms with Gasteiger partial charge >= 0.3 is 0 Å². The van der Waals surface area contributed by atoms with E-state index in [0.717, 1.165) is 11.5 Å². The van der Waals surface area contributed by atoms with Crippen LogP contribution in [0.1, 0.15) is 0 Å². The second-order valence-electron chi connectivity index (χ2n) is 2.54. The summed E-state index contributed by atoms with van der Waals surface area (Å²) in [5, 5.41) is 0. The highest BCUT2D eigenvalue weighted by atomic mass is 16.5. The van der Waals surface area contributed by atoms with Crippen LogP contribution in [0.5, 0.6) is 11.5 Å². The fourth-order valence-corrected chi connectivity index (χ4v) is 1.02. The summed E-state index contributed by atoms with van der Waals surface area (Å²) in [6, 6.07) is 7.49. The van der Waals surface area contributed by atoms with E-state index in [0.29, 0.717) is 13.2 Å². The number of rotatable bonds is 6. The molecule has 0 fully saturated rings. The lowest BCUT2D eigenvalue weighted by Crippen LogP contribution is -2.04. The lowest BCUT2D eigenvalue weighted by molar-refractivity contribution is 0.176. The molecule has 0 aromatic heterocycles. The molecule has 14 heavy (non-hydrogen) atoms. The lowest BCUT2D eigenvalue weighted by Gasteiger charge is -2.09.